The second kappa shape index (κ2) is 5.89. The van der Waals surface area contributed by atoms with Gasteiger partial charge < -0.3 is 10.5 Å². The summed E-state index contributed by atoms with van der Waals surface area (Å²) in [5.41, 5.74) is 5.35. The van der Waals surface area contributed by atoms with Gasteiger partial charge in [-0.2, -0.15) is 5.26 Å². The van der Waals surface area contributed by atoms with Gasteiger partial charge in [0.25, 0.3) is 0 Å². The van der Waals surface area contributed by atoms with Crippen LogP contribution in [-0.2, 0) is 16.0 Å². The van der Waals surface area contributed by atoms with E-state index in [-0.39, 0.29) is 5.97 Å². The molecule has 0 radical (unpaired) electrons. The Hall–Kier alpha value is -1.86. The minimum absolute atomic E-state index is 0.285. The predicted octanol–water partition coefficient (Wildman–Crippen LogP) is 0.274. The zero-order valence-corrected chi connectivity index (χ0v) is 9.27. The molecule has 0 bridgehead atoms. The van der Waals surface area contributed by atoms with Gasteiger partial charge in [0, 0.05) is 6.42 Å². The number of hydrogen-bond donors (Lipinski definition) is 1. The van der Waals surface area contributed by atoms with Crippen LogP contribution in [-0.4, -0.2) is 18.6 Å². The molecule has 0 unspecified atom stereocenters. The second-order valence-electron chi connectivity index (χ2n) is 3.46. The number of esters is 1. The number of carbonyl (C=O) groups is 1. The monoisotopic (exact) mass is 219 g/mol. The van der Waals surface area contributed by atoms with E-state index >= 15 is 0 Å². The number of ether oxygens (including phenoxy) is 1. The van der Waals surface area contributed by atoms with E-state index in [2.05, 4.69) is 5.73 Å². The summed E-state index contributed by atoms with van der Waals surface area (Å²) in [7, 11) is 0. The molecule has 0 saturated heterocycles. The summed E-state index contributed by atoms with van der Waals surface area (Å²) in [6.45, 7) is 2.14. The number of nitriles is 1. The van der Waals surface area contributed by atoms with E-state index in [9.17, 15) is 4.79 Å². The summed E-state index contributed by atoms with van der Waals surface area (Å²) in [5.74, 6) is -0.285. The van der Waals surface area contributed by atoms with E-state index in [0.29, 0.717) is 18.6 Å². The molecule has 1 aromatic rings. The Morgan fingerprint density at radius 3 is 2.62 bits per heavy atom. The molecule has 3 N–H and O–H groups in total. The molecule has 4 heteroatoms. The first-order valence-corrected chi connectivity index (χ1v) is 5.16. The van der Waals surface area contributed by atoms with Crippen molar-refractivity contribution < 1.29 is 15.3 Å². The Kier molecular flexibility index (Phi) is 4.49. The first-order valence-electron chi connectivity index (χ1n) is 5.16. The van der Waals surface area contributed by atoms with Crippen molar-refractivity contribution in [2.75, 3.05) is 6.61 Å². The van der Waals surface area contributed by atoms with Gasteiger partial charge in [0.2, 0.25) is 0 Å². The van der Waals surface area contributed by atoms with E-state index in [1.54, 1.807) is 19.1 Å². The van der Waals surface area contributed by atoms with Crippen LogP contribution in [0.4, 0.5) is 0 Å². The average molecular weight is 219 g/mol. The molecule has 0 fully saturated rings. The third kappa shape index (κ3) is 3.37. The quantitative estimate of drug-likeness (QED) is 0.738. The van der Waals surface area contributed by atoms with Crippen molar-refractivity contribution in [1.82, 2.24) is 0 Å². The van der Waals surface area contributed by atoms with Crippen LogP contribution in [0.15, 0.2) is 24.3 Å². The molecule has 4 nitrogen and oxygen atoms in total. The normalized spacial score (nSPS) is 11.6. The van der Waals surface area contributed by atoms with E-state index in [0.717, 1.165) is 5.56 Å². The number of rotatable bonds is 4. The SMILES string of the molecule is CCOC(=O)[C@H]([NH3+])Cc1ccc(C#N)cc1. The van der Waals surface area contributed by atoms with Crippen LogP contribution in [0.1, 0.15) is 18.1 Å². The van der Waals surface area contributed by atoms with Crippen LogP contribution in [0.3, 0.4) is 0 Å². The van der Waals surface area contributed by atoms with Crippen LogP contribution in [0.5, 0.6) is 0 Å². The van der Waals surface area contributed by atoms with Crippen molar-refractivity contribution in [3.63, 3.8) is 0 Å². The lowest BCUT2D eigenvalue weighted by Crippen LogP contribution is -2.66. The molecule has 0 aliphatic rings. The molecule has 1 aromatic carbocycles. The molecule has 0 spiro atoms. The highest BCUT2D eigenvalue weighted by Crippen LogP contribution is 2.05. The highest BCUT2D eigenvalue weighted by atomic mass is 16.5. The lowest BCUT2D eigenvalue weighted by atomic mass is 10.1. The first-order chi connectivity index (χ1) is 7.67. The Bertz CT molecular complexity index is 392. The Labute approximate surface area is 94.6 Å². The summed E-state index contributed by atoms with van der Waals surface area (Å²) in [6.07, 6.45) is 0.532. The van der Waals surface area contributed by atoms with Gasteiger partial charge in [-0.15, -0.1) is 0 Å². The average Bonchev–Trinajstić information content (AvgIpc) is 2.30. The number of hydrogen-bond acceptors (Lipinski definition) is 3. The van der Waals surface area contributed by atoms with E-state index in [1.165, 1.54) is 0 Å². The van der Waals surface area contributed by atoms with Crippen molar-refractivity contribution in [3.8, 4) is 6.07 Å². The third-order valence-corrected chi connectivity index (χ3v) is 2.19. The zero-order chi connectivity index (χ0) is 12.0. The van der Waals surface area contributed by atoms with Crippen molar-refractivity contribution in [2.45, 2.75) is 19.4 Å². The molecular weight excluding hydrogens is 204 g/mol. The van der Waals surface area contributed by atoms with Crippen LogP contribution in [0.2, 0.25) is 0 Å². The summed E-state index contributed by atoms with van der Waals surface area (Å²) >= 11 is 0. The van der Waals surface area contributed by atoms with Crippen molar-refractivity contribution in [2.24, 2.45) is 0 Å². The molecule has 0 aliphatic heterocycles. The Morgan fingerprint density at radius 1 is 1.50 bits per heavy atom. The summed E-state index contributed by atoms with van der Waals surface area (Å²) in [6, 6.07) is 8.77. The van der Waals surface area contributed by atoms with Crippen LogP contribution in [0.25, 0.3) is 0 Å². The number of benzene rings is 1. The maximum atomic E-state index is 11.3. The van der Waals surface area contributed by atoms with Gasteiger partial charge in [-0.05, 0) is 24.6 Å². The predicted molar refractivity (Wildman–Crippen MR) is 58.2 cm³/mol. The number of quaternary nitrogens is 1. The Balaban J connectivity index is 2.59. The fourth-order valence-electron chi connectivity index (χ4n) is 1.34. The standard InChI is InChI=1S/C12H14N2O2/c1-2-16-12(15)11(14)7-9-3-5-10(8-13)6-4-9/h3-6,11H,2,7,14H2,1H3/p+1/t11-/m1/s1. The molecule has 84 valence electrons. The molecule has 0 aromatic heterocycles. The second-order valence-corrected chi connectivity index (χ2v) is 3.46. The van der Waals surface area contributed by atoms with Gasteiger partial charge in [0.05, 0.1) is 18.2 Å². The fraction of sp³-hybridized carbons (Fsp3) is 0.333. The van der Waals surface area contributed by atoms with Gasteiger partial charge in [0.15, 0.2) is 6.04 Å². The van der Waals surface area contributed by atoms with Gasteiger partial charge in [-0.3, -0.25) is 0 Å². The van der Waals surface area contributed by atoms with Crippen LogP contribution < -0.4 is 5.73 Å². The molecule has 0 aliphatic carbocycles. The largest absolute Gasteiger partial charge is 0.462 e. The van der Waals surface area contributed by atoms with Gasteiger partial charge in [-0.25, -0.2) is 4.79 Å². The number of nitrogens with zero attached hydrogens (tertiary/aromatic N) is 1. The molecule has 16 heavy (non-hydrogen) atoms. The third-order valence-electron chi connectivity index (χ3n) is 2.19. The number of carbonyl (C=O) groups excluding carboxylic acids is 1. The molecule has 0 heterocycles. The minimum atomic E-state index is -0.395. The lowest BCUT2D eigenvalue weighted by Gasteiger charge is -2.07. The van der Waals surface area contributed by atoms with E-state index < -0.39 is 6.04 Å². The summed E-state index contributed by atoms with van der Waals surface area (Å²) < 4.78 is 4.87. The van der Waals surface area contributed by atoms with Gasteiger partial charge in [0.1, 0.15) is 0 Å². The smallest absolute Gasteiger partial charge is 0.365 e. The van der Waals surface area contributed by atoms with Crippen molar-refractivity contribution in [1.29, 1.82) is 5.26 Å². The fourth-order valence-corrected chi connectivity index (χ4v) is 1.34. The van der Waals surface area contributed by atoms with E-state index in [4.69, 9.17) is 10.00 Å². The van der Waals surface area contributed by atoms with Crippen molar-refractivity contribution in [3.05, 3.63) is 35.4 Å². The highest BCUT2D eigenvalue weighted by Gasteiger charge is 2.18. The minimum Gasteiger partial charge on any atom is -0.462 e. The molecule has 0 saturated carbocycles. The maximum absolute atomic E-state index is 11.3. The molecule has 0 amide bonds. The van der Waals surface area contributed by atoms with Crippen LogP contribution in [0, 0.1) is 11.3 Å². The molecule has 1 rings (SSSR count). The summed E-state index contributed by atoms with van der Waals surface area (Å²) in [5, 5.41) is 8.63. The Morgan fingerprint density at radius 2 is 2.12 bits per heavy atom. The molecular formula is C12H15N2O2+. The van der Waals surface area contributed by atoms with Crippen LogP contribution >= 0.6 is 0 Å². The highest BCUT2D eigenvalue weighted by molar-refractivity contribution is 5.74. The van der Waals surface area contributed by atoms with Gasteiger partial charge in [-0.1, -0.05) is 12.1 Å². The van der Waals surface area contributed by atoms with Gasteiger partial charge >= 0.3 is 5.97 Å². The van der Waals surface area contributed by atoms with E-state index in [1.807, 2.05) is 18.2 Å². The zero-order valence-electron chi connectivity index (χ0n) is 9.27. The topological polar surface area (TPSA) is 77.7 Å². The van der Waals surface area contributed by atoms with Crippen molar-refractivity contribution >= 4 is 5.97 Å². The lowest BCUT2D eigenvalue weighted by molar-refractivity contribution is -0.407. The maximum Gasteiger partial charge on any atom is 0.365 e. The molecule has 1 atom stereocenters. The summed E-state index contributed by atoms with van der Waals surface area (Å²) in [4.78, 5) is 11.3. The first kappa shape index (κ1) is 12.2.